The van der Waals surface area contributed by atoms with E-state index in [1.165, 1.54) is 0 Å². The van der Waals surface area contributed by atoms with E-state index in [0.29, 0.717) is 37.0 Å². The van der Waals surface area contributed by atoms with E-state index in [1.54, 1.807) is 0 Å². The summed E-state index contributed by atoms with van der Waals surface area (Å²) in [6.07, 6.45) is 1.09. The van der Waals surface area contributed by atoms with Crippen LogP contribution in [0.2, 0.25) is 0 Å². The number of rotatable bonds is 6. The van der Waals surface area contributed by atoms with Gasteiger partial charge >= 0.3 is 0 Å². The standard InChI is InChI=1S/C13H25N7O/c1-4-9(2)10(3)15-11-16-12(19-14)18-13(17-11)20-5-7-21-8-6-20/h9-10H,4-8,14H2,1-3H3,(H2,15,16,17,18,19). The van der Waals surface area contributed by atoms with Crippen LogP contribution in [0.4, 0.5) is 17.8 Å². The number of anilines is 3. The predicted octanol–water partition coefficient (Wildman–Crippen LogP) is 0.840. The Labute approximate surface area is 125 Å². The van der Waals surface area contributed by atoms with Crippen LogP contribution in [0.1, 0.15) is 27.2 Å². The summed E-state index contributed by atoms with van der Waals surface area (Å²) in [4.78, 5) is 15.2. The van der Waals surface area contributed by atoms with Crippen molar-refractivity contribution in [3.8, 4) is 0 Å². The Balaban J connectivity index is 2.16. The Morgan fingerprint density at radius 3 is 2.48 bits per heavy atom. The zero-order chi connectivity index (χ0) is 15.2. The Bertz CT molecular complexity index is 450. The first-order valence-electron chi connectivity index (χ1n) is 7.46. The number of hydrazine groups is 1. The molecular formula is C13H25N7O. The molecule has 2 unspecified atom stereocenters. The van der Waals surface area contributed by atoms with E-state index in [4.69, 9.17) is 10.6 Å². The van der Waals surface area contributed by atoms with Crippen LogP contribution in [-0.2, 0) is 4.74 Å². The molecule has 4 N–H and O–H groups in total. The Kier molecular flexibility index (Phi) is 5.51. The first-order valence-corrected chi connectivity index (χ1v) is 7.46. The van der Waals surface area contributed by atoms with Gasteiger partial charge in [-0.15, -0.1) is 0 Å². The number of nitrogens with one attached hydrogen (secondary N) is 2. The van der Waals surface area contributed by atoms with E-state index in [9.17, 15) is 0 Å². The normalized spacial score (nSPS) is 18.2. The molecule has 2 heterocycles. The molecule has 8 heteroatoms. The lowest BCUT2D eigenvalue weighted by molar-refractivity contribution is 0.122. The lowest BCUT2D eigenvalue weighted by atomic mass is 10.0. The minimum Gasteiger partial charge on any atom is -0.378 e. The van der Waals surface area contributed by atoms with Gasteiger partial charge in [0.05, 0.1) is 13.2 Å². The maximum atomic E-state index is 5.46. The van der Waals surface area contributed by atoms with E-state index < -0.39 is 0 Å². The Morgan fingerprint density at radius 1 is 1.19 bits per heavy atom. The number of nitrogen functional groups attached to an aromatic ring is 1. The lowest BCUT2D eigenvalue weighted by Gasteiger charge is -2.27. The van der Waals surface area contributed by atoms with Gasteiger partial charge in [-0.1, -0.05) is 20.3 Å². The second kappa shape index (κ2) is 7.37. The van der Waals surface area contributed by atoms with Crippen molar-refractivity contribution in [2.45, 2.75) is 33.2 Å². The molecule has 1 fully saturated rings. The summed E-state index contributed by atoms with van der Waals surface area (Å²) in [5, 5.41) is 3.33. The van der Waals surface area contributed by atoms with E-state index in [-0.39, 0.29) is 6.04 Å². The highest BCUT2D eigenvalue weighted by molar-refractivity contribution is 5.43. The molecule has 1 aliphatic heterocycles. The van der Waals surface area contributed by atoms with Crippen molar-refractivity contribution in [1.82, 2.24) is 15.0 Å². The molecule has 0 radical (unpaired) electrons. The SMILES string of the molecule is CCC(C)C(C)Nc1nc(NN)nc(N2CCOCC2)n1. The van der Waals surface area contributed by atoms with Crippen LogP contribution >= 0.6 is 0 Å². The van der Waals surface area contributed by atoms with Crippen molar-refractivity contribution >= 4 is 17.8 Å². The number of ether oxygens (including phenoxy) is 1. The third-order valence-electron chi connectivity index (χ3n) is 3.90. The van der Waals surface area contributed by atoms with Crippen LogP contribution in [0.25, 0.3) is 0 Å². The van der Waals surface area contributed by atoms with Crippen LogP contribution in [0.15, 0.2) is 0 Å². The highest BCUT2D eigenvalue weighted by Gasteiger charge is 2.18. The van der Waals surface area contributed by atoms with Crippen molar-refractivity contribution < 1.29 is 4.74 Å². The lowest BCUT2D eigenvalue weighted by Crippen LogP contribution is -2.38. The molecular weight excluding hydrogens is 270 g/mol. The molecule has 1 aliphatic rings. The Morgan fingerprint density at radius 2 is 1.86 bits per heavy atom. The number of morpholine rings is 1. The van der Waals surface area contributed by atoms with E-state index in [0.717, 1.165) is 19.5 Å². The zero-order valence-corrected chi connectivity index (χ0v) is 13.0. The third-order valence-corrected chi connectivity index (χ3v) is 3.90. The number of aromatic nitrogens is 3. The van der Waals surface area contributed by atoms with Gasteiger partial charge in [0.15, 0.2) is 0 Å². The van der Waals surface area contributed by atoms with E-state index in [2.05, 4.69) is 51.4 Å². The van der Waals surface area contributed by atoms with Crippen molar-refractivity contribution in [1.29, 1.82) is 0 Å². The first kappa shape index (κ1) is 15.7. The summed E-state index contributed by atoms with van der Waals surface area (Å²) in [6.45, 7) is 9.41. The average molecular weight is 295 g/mol. The van der Waals surface area contributed by atoms with Crippen molar-refractivity contribution in [3.05, 3.63) is 0 Å². The summed E-state index contributed by atoms with van der Waals surface area (Å²) in [7, 11) is 0. The van der Waals surface area contributed by atoms with Crippen LogP contribution in [-0.4, -0.2) is 47.3 Å². The van der Waals surface area contributed by atoms with Crippen molar-refractivity contribution in [3.63, 3.8) is 0 Å². The summed E-state index contributed by atoms with van der Waals surface area (Å²) >= 11 is 0. The maximum absolute atomic E-state index is 5.46. The summed E-state index contributed by atoms with van der Waals surface area (Å²) < 4.78 is 5.35. The van der Waals surface area contributed by atoms with Crippen molar-refractivity contribution in [2.75, 3.05) is 41.9 Å². The fourth-order valence-electron chi connectivity index (χ4n) is 2.10. The van der Waals surface area contributed by atoms with Crippen LogP contribution in [0.5, 0.6) is 0 Å². The number of hydrogen-bond acceptors (Lipinski definition) is 8. The largest absolute Gasteiger partial charge is 0.378 e. The molecule has 0 spiro atoms. The number of nitrogens with zero attached hydrogens (tertiary/aromatic N) is 4. The summed E-state index contributed by atoms with van der Waals surface area (Å²) in [6, 6.07) is 0.278. The zero-order valence-electron chi connectivity index (χ0n) is 13.0. The van der Waals surface area contributed by atoms with Gasteiger partial charge in [0, 0.05) is 19.1 Å². The number of hydrogen-bond donors (Lipinski definition) is 3. The van der Waals surface area contributed by atoms with Gasteiger partial charge in [0.25, 0.3) is 0 Å². The highest BCUT2D eigenvalue weighted by atomic mass is 16.5. The van der Waals surface area contributed by atoms with Gasteiger partial charge in [-0.2, -0.15) is 15.0 Å². The summed E-state index contributed by atoms with van der Waals surface area (Å²) in [5.74, 6) is 7.53. The van der Waals surface area contributed by atoms with Crippen molar-refractivity contribution in [2.24, 2.45) is 11.8 Å². The van der Waals surface area contributed by atoms with Gasteiger partial charge in [0.2, 0.25) is 17.8 Å². The molecule has 1 aromatic rings. The molecule has 1 saturated heterocycles. The molecule has 0 aromatic carbocycles. The minimum atomic E-state index is 0.278. The molecule has 21 heavy (non-hydrogen) atoms. The Hall–Kier alpha value is -1.67. The van der Waals surface area contributed by atoms with E-state index >= 15 is 0 Å². The highest BCUT2D eigenvalue weighted by Crippen LogP contribution is 2.17. The van der Waals surface area contributed by atoms with Gasteiger partial charge in [-0.3, -0.25) is 5.43 Å². The van der Waals surface area contributed by atoms with Gasteiger partial charge < -0.3 is 15.0 Å². The quantitative estimate of drug-likeness (QED) is 0.524. The minimum absolute atomic E-state index is 0.278. The van der Waals surface area contributed by atoms with Gasteiger partial charge in [-0.25, -0.2) is 5.84 Å². The monoisotopic (exact) mass is 295 g/mol. The average Bonchev–Trinajstić information content (AvgIpc) is 2.54. The van der Waals surface area contributed by atoms with Gasteiger partial charge in [0.1, 0.15) is 0 Å². The second-order valence-electron chi connectivity index (χ2n) is 5.34. The fourth-order valence-corrected chi connectivity index (χ4v) is 2.10. The smallest absolute Gasteiger partial charge is 0.243 e. The predicted molar refractivity (Wildman–Crippen MR) is 83.2 cm³/mol. The summed E-state index contributed by atoms with van der Waals surface area (Å²) in [5.41, 5.74) is 2.50. The first-order chi connectivity index (χ1) is 10.1. The molecule has 0 amide bonds. The van der Waals surface area contributed by atoms with Crippen LogP contribution in [0.3, 0.4) is 0 Å². The molecule has 0 bridgehead atoms. The number of nitrogens with two attached hydrogens (primary N) is 1. The van der Waals surface area contributed by atoms with Crippen LogP contribution in [0, 0.1) is 5.92 Å². The molecule has 2 rings (SSSR count). The second-order valence-corrected chi connectivity index (χ2v) is 5.34. The molecule has 2 atom stereocenters. The maximum Gasteiger partial charge on any atom is 0.243 e. The molecule has 118 valence electrons. The molecule has 1 aromatic heterocycles. The van der Waals surface area contributed by atoms with Gasteiger partial charge in [-0.05, 0) is 12.8 Å². The molecule has 0 saturated carbocycles. The third kappa shape index (κ3) is 4.15. The topological polar surface area (TPSA) is 101 Å². The fraction of sp³-hybridized carbons (Fsp3) is 0.769. The molecule has 0 aliphatic carbocycles. The molecule has 8 nitrogen and oxygen atoms in total. The van der Waals surface area contributed by atoms with E-state index in [1.807, 2.05) is 0 Å². The van der Waals surface area contributed by atoms with Crippen LogP contribution < -0.4 is 21.5 Å².